The number of halogens is 1. The van der Waals surface area contributed by atoms with Crippen LogP contribution in [0.4, 0.5) is 4.39 Å². The van der Waals surface area contributed by atoms with E-state index in [1.807, 2.05) is 0 Å². The Hall–Kier alpha value is -2.31. The molecule has 0 radical (unpaired) electrons. The summed E-state index contributed by atoms with van der Waals surface area (Å²) in [6, 6.07) is 2.64. The van der Waals surface area contributed by atoms with Crippen LogP contribution in [0.25, 0.3) is 0 Å². The van der Waals surface area contributed by atoms with Gasteiger partial charge in [0, 0.05) is 19.3 Å². The molecule has 0 spiro atoms. The minimum atomic E-state index is -0.593. The molecule has 6 nitrogen and oxygen atoms in total. The van der Waals surface area contributed by atoms with Crippen molar-refractivity contribution in [3.05, 3.63) is 41.6 Å². The van der Waals surface area contributed by atoms with Crippen LogP contribution in [0.2, 0.25) is 0 Å². The van der Waals surface area contributed by atoms with Crippen LogP contribution >= 0.6 is 0 Å². The smallest absolute Gasteiger partial charge is 0.255 e. The van der Waals surface area contributed by atoms with Gasteiger partial charge in [0.2, 0.25) is 11.8 Å². The highest BCUT2D eigenvalue weighted by molar-refractivity contribution is 5.94. The molecule has 0 aromatic carbocycles. The van der Waals surface area contributed by atoms with Gasteiger partial charge in [0.15, 0.2) is 5.82 Å². The van der Waals surface area contributed by atoms with Crippen molar-refractivity contribution in [2.75, 3.05) is 13.1 Å². The minimum Gasteiger partial charge on any atom is -0.339 e. The lowest BCUT2D eigenvalue weighted by Gasteiger charge is -2.31. The molecule has 2 aromatic rings. The average Bonchev–Trinajstić information content (AvgIpc) is 2.94. The topological polar surface area (TPSA) is 72.1 Å². The summed E-state index contributed by atoms with van der Waals surface area (Å²) in [4.78, 5) is 21.9. The van der Waals surface area contributed by atoms with Gasteiger partial charge in [-0.15, -0.1) is 0 Å². The molecule has 110 valence electrons. The summed E-state index contributed by atoms with van der Waals surface area (Å²) < 4.78 is 18.0. The van der Waals surface area contributed by atoms with E-state index in [-0.39, 0.29) is 11.8 Å². The standard InChI is InChI=1S/C14H15FN4O2/c1-9-17-13(21-18-9)11-3-2-6-19(8-11)14(20)10-4-5-12(15)16-7-10/h4-5,7,11H,2-3,6,8H2,1H3/t11-/m1/s1. The molecule has 3 heterocycles. The summed E-state index contributed by atoms with van der Waals surface area (Å²) in [7, 11) is 0. The van der Waals surface area contributed by atoms with E-state index in [2.05, 4.69) is 15.1 Å². The fourth-order valence-corrected chi connectivity index (χ4v) is 2.53. The molecule has 1 saturated heterocycles. The number of hydrogen-bond acceptors (Lipinski definition) is 5. The number of carbonyl (C=O) groups excluding carboxylic acids is 1. The molecule has 1 fully saturated rings. The molecule has 0 saturated carbocycles. The van der Waals surface area contributed by atoms with Crippen LogP contribution in [0.5, 0.6) is 0 Å². The lowest BCUT2D eigenvalue weighted by Crippen LogP contribution is -2.39. The summed E-state index contributed by atoms with van der Waals surface area (Å²) in [5.74, 6) is 0.476. The van der Waals surface area contributed by atoms with E-state index in [4.69, 9.17) is 4.52 Å². The molecular weight excluding hydrogens is 275 g/mol. The predicted molar refractivity (Wildman–Crippen MR) is 71.1 cm³/mol. The molecule has 1 aliphatic heterocycles. The van der Waals surface area contributed by atoms with E-state index in [0.29, 0.717) is 30.4 Å². The van der Waals surface area contributed by atoms with Gasteiger partial charge in [0.05, 0.1) is 11.5 Å². The van der Waals surface area contributed by atoms with Crippen LogP contribution < -0.4 is 0 Å². The van der Waals surface area contributed by atoms with Gasteiger partial charge in [-0.05, 0) is 31.9 Å². The molecule has 0 unspecified atom stereocenters. The lowest BCUT2D eigenvalue weighted by molar-refractivity contribution is 0.0695. The molecule has 2 aromatic heterocycles. The number of hydrogen-bond donors (Lipinski definition) is 0. The number of likely N-dealkylation sites (tertiary alicyclic amines) is 1. The zero-order valence-corrected chi connectivity index (χ0v) is 11.6. The second-order valence-electron chi connectivity index (χ2n) is 5.14. The van der Waals surface area contributed by atoms with Gasteiger partial charge >= 0.3 is 0 Å². The van der Waals surface area contributed by atoms with Crippen molar-refractivity contribution in [2.24, 2.45) is 0 Å². The molecule has 7 heteroatoms. The fraction of sp³-hybridized carbons (Fsp3) is 0.429. The van der Waals surface area contributed by atoms with Crippen LogP contribution in [-0.2, 0) is 0 Å². The van der Waals surface area contributed by atoms with Crippen LogP contribution in [0, 0.1) is 12.9 Å². The first-order valence-corrected chi connectivity index (χ1v) is 6.84. The monoisotopic (exact) mass is 290 g/mol. The molecule has 1 amide bonds. The number of rotatable bonds is 2. The fourth-order valence-electron chi connectivity index (χ4n) is 2.53. The highest BCUT2D eigenvalue weighted by Gasteiger charge is 2.28. The van der Waals surface area contributed by atoms with Crippen molar-refractivity contribution >= 4 is 5.91 Å². The third kappa shape index (κ3) is 2.91. The van der Waals surface area contributed by atoms with Crippen LogP contribution in [-0.4, -0.2) is 39.0 Å². The number of piperidine rings is 1. The van der Waals surface area contributed by atoms with Crippen molar-refractivity contribution in [1.29, 1.82) is 0 Å². The normalized spacial score (nSPS) is 18.8. The van der Waals surface area contributed by atoms with Crippen molar-refractivity contribution in [2.45, 2.75) is 25.7 Å². The van der Waals surface area contributed by atoms with E-state index in [1.165, 1.54) is 18.3 Å². The Morgan fingerprint density at radius 2 is 2.33 bits per heavy atom. The van der Waals surface area contributed by atoms with Crippen LogP contribution in [0.15, 0.2) is 22.9 Å². The highest BCUT2D eigenvalue weighted by atomic mass is 19.1. The van der Waals surface area contributed by atoms with Crippen molar-refractivity contribution in [1.82, 2.24) is 20.0 Å². The summed E-state index contributed by atoms with van der Waals surface area (Å²) >= 11 is 0. The molecule has 0 bridgehead atoms. The maximum atomic E-state index is 12.8. The number of amides is 1. The van der Waals surface area contributed by atoms with Gasteiger partial charge in [0.25, 0.3) is 5.91 Å². The molecule has 0 N–H and O–H groups in total. The van der Waals surface area contributed by atoms with Gasteiger partial charge in [-0.1, -0.05) is 5.16 Å². The lowest BCUT2D eigenvalue weighted by atomic mass is 9.97. The summed E-state index contributed by atoms with van der Waals surface area (Å²) in [5.41, 5.74) is 0.388. The maximum absolute atomic E-state index is 12.8. The molecule has 21 heavy (non-hydrogen) atoms. The van der Waals surface area contributed by atoms with E-state index in [1.54, 1.807) is 11.8 Å². The average molecular weight is 290 g/mol. The van der Waals surface area contributed by atoms with Crippen molar-refractivity contribution < 1.29 is 13.7 Å². The SMILES string of the molecule is Cc1noc([C@@H]2CCCN(C(=O)c3ccc(F)nc3)C2)n1. The third-order valence-corrected chi connectivity index (χ3v) is 3.58. The Labute approximate surface area is 121 Å². The van der Waals surface area contributed by atoms with Gasteiger partial charge in [0.1, 0.15) is 0 Å². The first-order chi connectivity index (χ1) is 10.1. The van der Waals surface area contributed by atoms with Crippen molar-refractivity contribution in [3.63, 3.8) is 0 Å². The van der Waals surface area contributed by atoms with Gasteiger partial charge in [-0.25, -0.2) is 4.98 Å². The quantitative estimate of drug-likeness (QED) is 0.790. The first kappa shape index (κ1) is 13.7. The Bertz CT molecular complexity index is 641. The Kier molecular flexibility index (Phi) is 3.64. The maximum Gasteiger partial charge on any atom is 0.255 e. The van der Waals surface area contributed by atoms with E-state index in [9.17, 15) is 9.18 Å². The highest BCUT2D eigenvalue weighted by Crippen LogP contribution is 2.26. The van der Waals surface area contributed by atoms with Crippen molar-refractivity contribution in [3.8, 4) is 0 Å². The molecule has 0 aliphatic carbocycles. The molecule has 3 rings (SSSR count). The second-order valence-corrected chi connectivity index (χ2v) is 5.14. The number of aryl methyl sites for hydroxylation is 1. The Morgan fingerprint density at radius 1 is 1.48 bits per heavy atom. The first-order valence-electron chi connectivity index (χ1n) is 6.84. The Balaban J connectivity index is 1.73. The number of nitrogens with zero attached hydrogens (tertiary/aromatic N) is 4. The van der Waals surface area contributed by atoms with Gasteiger partial charge < -0.3 is 9.42 Å². The van der Waals surface area contributed by atoms with E-state index in [0.717, 1.165) is 12.8 Å². The second kappa shape index (κ2) is 5.59. The minimum absolute atomic E-state index is 0.0531. The zero-order chi connectivity index (χ0) is 14.8. The third-order valence-electron chi connectivity index (χ3n) is 3.58. The van der Waals surface area contributed by atoms with Gasteiger partial charge in [-0.2, -0.15) is 9.37 Å². The number of aromatic nitrogens is 3. The van der Waals surface area contributed by atoms with Crippen LogP contribution in [0.3, 0.4) is 0 Å². The van der Waals surface area contributed by atoms with Gasteiger partial charge in [-0.3, -0.25) is 4.79 Å². The molecular formula is C14H15FN4O2. The predicted octanol–water partition coefficient (Wildman–Crippen LogP) is 1.93. The van der Waals surface area contributed by atoms with Crippen LogP contribution in [0.1, 0.15) is 40.8 Å². The number of pyridine rings is 1. The summed E-state index contributed by atoms with van der Waals surface area (Å²) in [6.07, 6.45) is 3.04. The summed E-state index contributed by atoms with van der Waals surface area (Å²) in [6.45, 7) is 2.96. The van der Waals surface area contributed by atoms with E-state index >= 15 is 0 Å². The van der Waals surface area contributed by atoms with E-state index < -0.39 is 5.95 Å². The Morgan fingerprint density at radius 3 is 3.00 bits per heavy atom. The molecule has 1 aliphatic rings. The number of carbonyl (C=O) groups is 1. The zero-order valence-electron chi connectivity index (χ0n) is 11.6. The summed E-state index contributed by atoms with van der Waals surface area (Å²) in [5, 5.41) is 3.79. The molecule has 1 atom stereocenters. The largest absolute Gasteiger partial charge is 0.339 e.